The van der Waals surface area contributed by atoms with E-state index in [1.807, 2.05) is 12.1 Å². The van der Waals surface area contributed by atoms with Crippen LogP contribution in [0.1, 0.15) is 18.6 Å². The number of rotatable bonds is 1. The normalized spacial score (nSPS) is 13.3. The Morgan fingerprint density at radius 2 is 1.75 bits per heavy atom. The minimum atomic E-state index is -0.561. The molecule has 2 rings (SSSR count). The zero-order valence-corrected chi connectivity index (χ0v) is 10.9. The highest BCUT2D eigenvalue weighted by Gasteiger charge is 2.13. The summed E-state index contributed by atoms with van der Waals surface area (Å²) in [7, 11) is 3.46. The van der Waals surface area contributed by atoms with Crippen LogP contribution < -0.4 is 5.69 Å². The Hall–Kier alpha value is -1.07. The second kappa shape index (κ2) is 3.75. The highest BCUT2D eigenvalue weighted by molar-refractivity contribution is 9.10. The first kappa shape index (κ1) is 11.4. The van der Waals surface area contributed by atoms with Crippen molar-refractivity contribution in [3.05, 3.63) is 32.7 Å². The highest BCUT2D eigenvalue weighted by Crippen LogP contribution is 2.27. The van der Waals surface area contributed by atoms with Gasteiger partial charge in [0.1, 0.15) is 0 Å². The molecule has 0 spiro atoms. The lowest BCUT2D eigenvalue weighted by molar-refractivity contribution is 0.198. The maximum absolute atomic E-state index is 11.7. The first-order valence-electron chi connectivity index (χ1n) is 4.96. The Balaban J connectivity index is 2.90. The summed E-state index contributed by atoms with van der Waals surface area (Å²) in [6, 6.07) is 3.70. The Morgan fingerprint density at radius 3 is 2.25 bits per heavy atom. The van der Waals surface area contributed by atoms with Crippen LogP contribution >= 0.6 is 15.9 Å². The van der Waals surface area contributed by atoms with Crippen molar-refractivity contribution >= 4 is 27.0 Å². The summed E-state index contributed by atoms with van der Waals surface area (Å²) in [5.74, 6) is 0. The lowest BCUT2D eigenvalue weighted by Crippen LogP contribution is -2.19. The minimum absolute atomic E-state index is 0.0651. The number of hydrogen-bond donors (Lipinski definition) is 1. The van der Waals surface area contributed by atoms with Gasteiger partial charge in [-0.25, -0.2) is 4.79 Å². The zero-order chi connectivity index (χ0) is 12.0. The van der Waals surface area contributed by atoms with E-state index in [-0.39, 0.29) is 5.69 Å². The van der Waals surface area contributed by atoms with E-state index in [0.717, 1.165) is 21.1 Å². The lowest BCUT2D eigenvalue weighted by atomic mass is 10.1. The molecule has 2 aromatic rings. The molecule has 86 valence electrons. The summed E-state index contributed by atoms with van der Waals surface area (Å²) < 4.78 is 3.98. The molecule has 1 atom stereocenters. The fraction of sp³-hybridized carbons (Fsp3) is 0.364. The van der Waals surface area contributed by atoms with Gasteiger partial charge in [0.15, 0.2) is 0 Å². The average molecular weight is 285 g/mol. The van der Waals surface area contributed by atoms with E-state index in [0.29, 0.717) is 0 Å². The lowest BCUT2D eigenvalue weighted by Gasteiger charge is -2.08. The van der Waals surface area contributed by atoms with E-state index in [2.05, 4.69) is 15.9 Å². The molecule has 0 unspecified atom stereocenters. The third-order valence-electron chi connectivity index (χ3n) is 2.84. The van der Waals surface area contributed by atoms with Crippen LogP contribution in [0.25, 0.3) is 11.0 Å². The standard InChI is InChI=1S/C11H13BrN2O2/c1-6(15)7-4-9-10(5-8(7)12)14(3)11(16)13(9)2/h4-6,15H,1-3H3/t6-/m0/s1. The van der Waals surface area contributed by atoms with Crippen molar-refractivity contribution in [1.82, 2.24) is 9.13 Å². The van der Waals surface area contributed by atoms with Crippen molar-refractivity contribution in [2.24, 2.45) is 14.1 Å². The quantitative estimate of drug-likeness (QED) is 0.866. The summed E-state index contributed by atoms with van der Waals surface area (Å²) in [5.41, 5.74) is 2.40. The molecule has 0 bridgehead atoms. The van der Waals surface area contributed by atoms with Crippen LogP contribution in [0.5, 0.6) is 0 Å². The van der Waals surface area contributed by atoms with Crippen LogP contribution in [-0.4, -0.2) is 14.2 Å². The van der Waals surface area contributed by atoms with Gasteiger partial charge in [-0.15, -0.1) is 0 Å². The Bertz CT molecular complexity index is 610. The molecular weight excluding hydrogens is 272 g/mol. The smallest absolute Gasteiger partial charge is 0.328 e. The van der Waals surface area contributed by atoms with Crippen LogP contribution in [0.2, 0.25) is 0 Å². The zero-order valence-electron chi connectivity index (χ0n) is 9.36. The molecule has 0 radical (unpaired) electrons. The van der Waals surface area contributed by atoms with Crippen LogP contribution in [-0.2, 0) is 14.1 Å². The average Bonchev–Trinajstić information content (AvgIpc) is 2.43. The van der Waals surface area contributed by atoms with E-state index >= 15 is 0 Å². The summed E-state index contributed by atoms with van der Waals surface area (Å²) in [5, 5.41) is 9.61. The summed E-state index contributed by atoms with van der Waals surface area (Å²) in [6.07, 6.45) is -0.561. The largest absolute Gasteiger partial charge is 0.389 e. The number of halogens is 1. The molecule has 16 heavy (non-hydrogen) atoms. The van der Waals surface area contributed by atoms with Gasteiger partial charge in [0, 0.05) is 18.6 Å². The number of nitrogens with zero attached hydrogens (tertiary/aromatic N) is 2. The van der Waals surface area contributed by atoms with Crippen molar-refractivity contribution in [2.45, 2.75) is 13.0 Å². The Morgan fingerprint density at radius 1 is 1.25 bits per heavy atom. The molecule has 1 aromatic heterocycles. The van der Waals surface area contributed by atoms with E-state index < -0.39 is 6.10 Å². The maximum atomic E-state index is 11.7. The molecule has 0 aliphatic heterocycles. The highest BCUT2D eigenvalue weighted by atomic mass is 79.9. The van der Waals surface area contributed by atoms with Gasteiger partial charge in [0.05, 0.1) is 17.1 Å². The van der Waals surface area contributed by atoms with Crippen molar-refractivity contribution in [2.75, 3.05) is 0 Å². The summed E-state index contributed by atoms with van der Waals surface area (Å²) in [6.45, 7) is 1.70. The van der Waals surface area contributed by atoms with Gasteiger partial charge < -0.3 is 5.11 Å². The second-order valence-corrected chi connectivity index (χ2v) is 4.79. The third-order valence-corrected chi connectivity index (χ3v) is 3.53. The number of aliphatic hydroxyl groups excluding tert-OH is 1. The Labute approximate surface area is 101 Å². The number of aliphatic hydroxyl groups is 1. The molecule has 0 amide bonds. The first-order valence-corrected chi connectivity index (χ1v) is 5.75. The first-order chi connectivity index (χ1) is 7.43. The molecule has 0 aliphatic carbocycles. The number of fused-ring (bicyclic) bond motifs is 1. The van der Waals surface area contributed by atoms with Gasteiger partial charge in [-0.3, -0.25) is 9.13 Å². The molecule has 1 heterocycles. The Kier molecular flexibility index (Phi) is 2.67. The van der Waals surface area contributed by atoms with Crippen LogP contribution in [0, 0.1) is 0 Å². The number of imidazole rings is 1. The van der Waals surface area contributed by atoms with Gasteiger partial charge in [-0.1, -0.05) is 15.9 Å². The molecule has 1 aromatic carbocycles. The van der Waals surface area contributed by atoms with Crippen LogP contribution in [0.15, 0.2) is 21.4 Å². The van der Waals surface area contributed by atoms with Crippen molar-refractivity contribution in [1.29, 1.82) is 0 Å². The maximum Gasteiger partial charge on any atom is 0.328 e. The van der Waals surface area contributed by atoms with E-state index in [4.69, 9.17) is 0 Å². The number of benzene rings is 1. The van der Waals surface area contributed by atoms with Crippen molar-refractivity contribution < 1.29 is 5.11 Å². The van der Waals surface area contributed by atoms with Crippen molar-refractivity contribution in [3.63, 3.8) is 0 Å². The van der Waals surface area contributed by atoms with Gasteiger partial charge in [0.25, 0.3) is 0 Å². The molecule has 0 fully saturated rings. The predicted molar refractivity (Wildman–Crippen MR) is 66.5 cm³/mol. The van der Waals surface area contributed by atoms with Gasteiger partial charge in [-0.05, 0) is 24.6 Å². The second-order valence-electron chi connectivity index (χ2n) is 3.94. The molecule has 0 saturated carbocycles. The molecule has 1 N–H and O–H groups in total. The number of aromatic nitrogens is 2. The molecule has 4 nitrogen and oxygen atoms in total. The fourth-order valence-corrected chi connectivity index (χ4v) is 2.52. The van der Waals surface area contributed by atoms with E-state index in [1.165, 1.54) is 0 Å². The summed E-state index contributed by atoms with van der Waals surface area (Å²) in [4.78, 5) is 11.7. The molecular formula is C11H13BrN2O2. The van der Waals surface area contributed by atoms with Crippen LogP contribution in [0.4, 0.5) is 0 Å². The predicted octanol–water partition coefficient (Wildman–Crippen LogP) is 1.69. The third kappa shape index (κ3) is 1.51. The van der Waals surface area contributed by atoms with Crippen LogP contribution in [0.3, 0.4) is 0 Å². The number of hydrogen-bond acceptors (Lipinski definition) is 2. The summed E-state index contributed by atoms with van der Waals surface area (Å²) >= 11 is 3.40. The number of aryl methyl sites for hydroxylation is 2. The van der Waals surface area contributed by atoms with Gasteiger partial charge in [-0.2, -0.15) is 0 Å². The topological polar surface area (TPSA) is 47.2 Å². The van der Waals surface area contributed by atoms with E-state index in [1.54, 1.807) is 30.2 Å². The van der Waals surface area contributed by atoms with Gasteiger partial charge in [0.2, 0.25) is 0 Å². The monoisotopic (exact) mass is 284 g/mol. The van der Waals surface area contributed by atoms with Crippen molar-refractivity contribution in [3.8, 4) is 0 Å². The molecule has 5 heteroatoms. The SMILES string of the molecule is C[C@H](O)c1cc2c(cc1Br)n(C)c(=O)n2C. The van der Waals surface area contributed by atoms with E-state index in [9.17, 15) is 9.90 Å². The van der Waals surface area contributed by atoms with Gasteiger partial charge >= 0.3 is 5.69 Å². The fourth-order valence-electron chi connectivity index (χ4n) is 1.86. The molecule has 0 aliphatic rings. The minimum Gasteiger partial charge on any atom is -0.389 e. The molecule has 0 saturated heterocycles.